The molecule has 2 amide bonds. The Morgan fingerprint density at radius 3 is 1.11 bits per heavy atom. The van der Waals surface area contributed by atoms with Crippen LogP contribution in [0.15, 0.2) is 107 Å². The summed E-state index contributed by atoms with van der Waals surface area (Å²) in [7, 11) is 0. The number of anilines is 2. The predicted octanol–water partition coefficient (Wildman–Crippen LogP) is 12.0. The highest BCUT2D eigenvalue weighted by Gasteiger charge is 2.13. The van der Waals surface area contributed by atoms with Crippen molar-refractivity contribution in [2.24, 2.45) is 0 Å². The molecule has 66 heavy (non-hydrogen) atoms. The standard InChI is InChI=1S/C54H68N2O10/c1-3-5-7-9-15-19-39-63-45-31-23-41(24-32-45)53(61)65-49-37-29-43(27-35-47(49)57)55-51(59)21-17-13-11-12-14-18-22-52(60)56-44-28-36-48(58)50(38-30-44)66-54(62)42-25-33-46(34-26-42)64-40-20-16-10-8-6-4-2/h23-38H,3-22,39-40H2,1-2H3,(H,55,59)(H,56,60). The summed E-state index contributed by atoms with van der Waals surface area (Å²) in [5.41, 5.74) is 0.392. The van der Waals surface area contributed by atoms with Crippen molar-refractivity contribution in [2.45, 2.75) is 142 Å². The van der Waals surface area contributed by atoms with E-state index in [0.29, 0.717) is 61.8 Å². The summed E-state index contributed by atoms with van der Waals surface area (Å²) in [6.45, 7) is 5.62. The van der Waals surface area contributed by atoms with E-state index < -0.39 is 22.8 Å². The molecule has 4 rings (SSSR count). The lowest BCUT2D eigenvalue weighted by Gasteiger charge is -2.07. The Kier molecular flexibility index (Phi) is 24.4. The minimum absolute atomic E-state index is 0.148. The number of carbonyl (C=O) groups excluding carboxylic acids is 4. The third-order valence-electron chi connectivity index (χ3n) is 10.9. The van der Waals surface area contributed by atoms with E-state index in [1.807, 2.05) is 0 Å². The molecule has 2 N–H and O–H groups in total. The van der Waals surface area contributed by atoms with Gasteiger partial charge in [-0.05, 0) is 123 Å². The molecule has 0 aliphatic carbocycles. The second-order valence-electron chi connectivity index (χ2n) is 16.5. The molecule has 0 aromatic heterocycles. The van der Waals surface area contributed by atoms with Crippen LogP contribution >= 0.6 is 0 Å². The molecule has 12 nitrogen and oxygen atoms in total. The molecule has 0 spiro atoms. The van der Waals surface area contributed by atoms with Crippen LogP contribution in [-0.2, 0) is 9.59 Å². The van der Waals surface area contributed by atoms with E-state index in [2.05, 4.69) is 24.5 Å². The van der Waals surface area contributed by atoms with Crippen LogP contribution in [0.1, 0.15) is 163 Å². The number of nitrogens with one attached hydrogen (secondary N) is 2. The fraction of sp³-hybridized carbons (Fsp3) is 0.444. The molecule has 0 radical (unpaired) electrons. The van der Waals surface area contributed by atoms with Crippen molar-refractivity contribution < 1.29 is 38.1 Å². The molecule has 0 saturated heterocycles. The SMILES string of the molecule is CCCCCCCCOc1ccc(C(=O)Oc2ccc(NC(=O)CCCCCCCCC(=O)Nc3ccc(OC(=O)c4ccc(OCCCCCCCC)cc4)c(=O)cc3)ccc2=O)cc1. The van der Waals surface area contributed by atoms with Crippen LogP contribution < -0.4 is 40.4 Å². The van der Waals surface area contributed by atoms with E-state index in [-0.39, 0.29) is 34.4 Å². The number of benzene rings is 2. The maximum atomic E-state index is 12.8. The number of ether oxygens (including phenoxy) is 4. The lowest BCUT2D eigenvalue weighted by molar-refractivity contribution is -0.117. The average Bonchev–Trinajstić information content (AvgIpc) is 3.60. The normalized spacial score (nSPS) is 10.8. The first kappa shape index (κ1) is 52.3. The topological polar surface area (TPSA) is 163 Å². The summed E-state index contributed by atoms with van der Waals surface area (Å²) in [5.74, 6) is -0.698. The second kappa shape index (κ2) is 30.8. The molecule has 0 aliphatic rings. The van der Waals surface area contributed by atoms with Gasteiger partial charge < -0.3 is 29.6 Å². The molecule has 0 fully saturated rings. The van der Waals surface area contributed by atoms with Crippen LogP contribution in [0.5, 0.6) is 23.0 Å². The number of rotatable bonds is 31. The summed E-state index contributed by atoms with van der Waals surface area (Å²) in [5, 5.41) is 5.60. The zero-order valence-corrected chi connectivity index (χ0v) is 38.9. The van der Waals surface area contributed by atoms with E-state index in [9.17, 15) is 28.8 Å². The molecular weight excluding hydrogens is 837 g/mol. The number of amides is 2. The molecule has 4 aromatic rings. The van der Waals surface area contributed by atoms with Gasteiger partial charge in [-0.3, -0.25) is 19.2 Å². The molecule has 4 aromatic carbocycles. The zero-order valence-electron chi connectivity index (χ0n) is 38.9. The van der Waals surface area contributed by atoms with Gasteiger partial charge in [-0.25, -0.2) is 9.59 Å². The van der Waals surface area contributed by atoms with Crippen LogP contribution in [-0.4, -0.2) is 37.0 Å². The van der Waals surface area contributed by atoms with Crippen LogP contribution in [0.2, 0.25) is 0 Å². The third-order valence-corrected chi connectivity index (χ3v) is 10.9. The van der Waals surface area contributed by atoms with Gasteiger partial charge >= 0.3 is 11.9 Å². The number of hydrogen-bond acceptors (Lipinski definition) is 10. The largest absolute Gasteiger partial charge is 0.494 e. The quantitative estimate of drug-likeness (QED) is 0.0367. The first-order valence-electron chi connectivity index (χ1n) is 23.9. The fourth-order valence-electron chi connectivity index (χ4n) is 7.00. The van der Waals surface area contributed by atoms with E-state index in [0.717, 1.165) is 51.4 Å². The van der Waals surface area contributed by atoms with Gasteiger partial charge in [0.2, 0.25) is 22.7 Å². The van der Waals surface area contributed by atoms with Gasteiger partial charge in [0.25, 0.3) is 0 Å². The number of carbonyl (C=O) groups is 4. The van der Waals surface area contributed by atoms with Crippen LogP contribution in [0.4, 0.5) is 11.4 Å². The molecule has 0 atom stereocenters. The Hall–Kier alpha value is -6.30. The number of esters is 2. The predicted molar refractivity (Wildman–Crippen MR) is 260 cm³/mol. The lowest BCUT2D eigenvalue weighted by Crippen LogP contribution is -2.13. The van der Waals surface area contributed by atoms with Crippen molar-refractivity contribution in [1.29, 1.82) is 0 Å². The first-order chi connectivity index (χ1) is 32.1. The maximum absolute atomic E-state index is 12.8. The molecule has 0 saturated carbocycles. The van der Waals surface area contributed by atoms with Gasteiger partial charge in [-0.2, -0.15) is 0 Å². The van der Waals surface area contributed by atoms with E-state index in [1.54, 1.807) is 48.5 Å². The molecule has 354 valence electrons. The van der Waals surface area contributed by atoms with E-state index in [4.69, 9.17) is 18.9 Å². The summed E-state index contributed by atoms with van der Waals surface area (Å²) in [4.78, 5) is 76.1. The van der Waals surface area contributed by atoms with Crippen molar-refractivity contribution in [3.8, 4) is 23.0 Å². The Bertz CT molecular complexity index is 2070. The van der Waals surface area contributed by atoms with Crippen molar-refractivity contribution in [2.75, 3.05) is 23.8 Å². The van der Waals surface area contributed by atoms with Crippen molar-refractivity contribution in [3.63, 3.8) is 0 Å². The van der Waals surface area contributed by atoms with E-state index in [1.165, 1.54) is 99.9 Å². The fourth-order valence-corrected chi connectivity index (χ4v) is 7.00. The highest BCUT2D eigenvalue weighted by Crippen LogP contribution is 2.19. The van der Waals surface area contributed by atoms with Crippen molar-refractivity contribution in [3.05, 3.63) is 129 Å². The Labute approximate surface area is 389 Å². The smallest absolute Gasteiger partial charge is 0.343 e. The van der Waals surface area contributed by atoms with Gasteiger partial charge in [0.05, 0.1) is 24.3 Å². The Morgan fingerprint density at radius 2 is 0.727 bits per heavy atom. The van der Waals surface area contributed by atoms with E-state index >= 15 is 0 Å². The molecule has 12 heteroatoms. The van der Waals surface area contributed by atoms with Crippen LogP contribution in [0, 0.1) is 0 Å². The molecule has 0 unspecified atom stereocenters. The third kappa shape index (κ3) is 20.7. The first-order valence-corrected chi connectivity index (χ1v) is 23.9. The van der Waals surface area contributed by atoms with Gasteiger partial charge in [0.15, 0.2) is 11.5 Å². The average molecular weight is 905 g/mol. The summed E-state index contributed by atoms with van der Waals surface area (Å²) >= 11 is 0. The highest BCUT2D eigenvalue weighted by molar-refractivity contribution is 5.93. The van der Waals surface area contributed by atoms with Crippen LogP contribution in [0.25, 0.3) is 0 Å². The maximum Gasteiger partial charge on any atom is 0.343 e. The Morgan fingerprint density at radius 1 is 0.394 bits per heavy atom. The lowest BCUT2D eigenvalue weighted by atomic mass is 10.1. The summed E-state index contributed by atoms with van der Waals surface area (Å²) in [6.07, 6.45) is 19.5. The minimum atomic E-state index is -0.671. The van der Waals surface area contributed by atoms with Gasteiger partial charge in [0, 0.05) is 24.2 Å². The summed E-state index contributed by atoms with van der Waals surface area (Å²) in [6, 6.07) is 24.5. The Balaban J connectivity index is 1.07. The van der Waals surface area contributed by atoms with Crippen molar-refractivity contribution >= 4 is 35.1 Å². The molecule has 0 aliphatic heterocycles. The van der Waals surface area contributed by atoms with Gasteiger partial charge in [0.1, 0.15) is 11.5 Å². The number of hydrogen-bond donors (Lipinski definition) is 2. The second-order valence-corrected chi connectivity index (χ2v) is 16.5. The highest BCUT2D eigenvalue weighted by atomic mass is 16.5. The summed E-state index contributed by atoms with van der Waals surface area (Å²) < 4.78 is 22.4. The molecule has 0 bridgehead atoms. The molecular formula is C54H68N2O10. The minimum Gasteiger partial charge on any atom is -0.494 e. The zero-order chi connectivity index (χ0) is 47.2. The number of unbranched alkanes of at least 4 members (excludes halogenated alkanes) is 15. The van der Waals surface area contributed by atoms with Gasteiger partial charge in [-0.15, -0.1) is 0 Å². The monoisotopic (exact) mass is 904 g/mol. The van der Waals surface area contributed by atoms with Crippen LogP contribution in [0.3, 0.4) is 0 Å². The van der Waals surface area contributed by atoms with Crippen molar-refractivity contribution in [1.82, 2.24) is 0 Å². The van der Waals surface area contributed by atoms with Gasteiger partial charge in [-0.1, -0.05) is 104 Å². The molecule has 0 heterocycles.